The van der Waals surface area contributed by atoms with E-state index in [1.165, 1.54) is 0 Å². The van der Waals surface area contributed by atoms with E-state index in [2.05, 4.69) is 4.98 Å². The molecule has 0 spiro atoms. The van der Waals surface area contributed by atoms with Gasteiger partial charge in [0.2, 0.25) is 5.88 Å². The Hall–Kier alpha value is -1.97. The third kappa shape index (κ3) is 2.16. The summed E-state index contributed by atoms with van der Waals surface area (Å²) in [7, 11) is 3.51. The van der Waals surface area contributed by atoms with Gasteiger partial charge in [0.05, 0.1) is 13.3 Å². The molecular formula is C12H14N2O2. The minimum Gasteiger partial charge on any atom is -0.497 e. The summed E-state index contributed by atoms with van der Waals surface area (Å²) in [6.45, 7) is 0. The second kappa shape index (κ2) is 4.26. The third-order valence-electron chi connectivity index (χ3n) is 2.48. The lowest BCUT2D eigenvalue weighted by Gasteiger charge is -2.03. The summed E-state index contributed by atoms with van der Waals surface area (Å²) in [5, 5.41) is 9.24. The van der Waals surface area contributed by atoms with Crippen LogP contribution in [0.25, 0.3) is 0 Å². The standard InChI is InChI=1S/C12H14N2O2/c1-14-8-12(15)13-11(14)7-9-3-5-10(16-2)6-4-9/h3-6,8,15H,7H2,1-2H3. The first-order chi connectivity index (χ1) is 7.69. The van der Waals surface area contributed by atoms with Gasteiger partial charge in [-0.2, -0.15) is 4.98 Å². The zero-order valence-corrected chi connectivity index (χ0v) is 9.34. The zero-order chi connectivity index (χ0) is 11.5. The van der Waals surface area contributed by atoms with Crippen LogP contribution in [0.4, 0.5) is 0 Å². The molecule has 1 aromatic heterocycles. The van der Waals surface area contributed by atoms with Gasteiger partial charge in [0, 0.05) is 13.5 Å². The van der Waals surface area contributed by atoms with Crippen LogP contribution < -0.4 is 4.74 Å². The highest BCUT2D eigenvalue weighted by molar-refractivity contribution is 5.29. The first kappa shape index (κ1) is 10.5. The minimum atomic E-state index is 0.0611. The van der Waals surface area contributed by atoms with Gasteiger partial charge in [0.15, 0.2) is 0 Å². The Morgan fingerprint density at radius 1 is 1.31 bits per heavy atom. The van der Waals surface area contributed by atoms with Crippen molar-refractivity contribution < 1.29 is 9.84 Å². The fourth-order valence-electron chi connectivity index (χ4n) is 1.58. The molecule has 0 radical (unpaired) electrons. The van der Waals surface area contributed by atoms with E-state index in [4.69, 9.17) is 4.74 Å². The number of rotatable bonds is 3. The Morgan fingerprint density at radius 3 is 2.50 bits per heavy atom. The molecule has 0 saturated carbocycles. The first-order valence-corrected chi connectivity index (χ1v) is 5.03. The van der Waals surface area contributed by atoms with E-state index in [0.717, 1.165) is 17.1 Å². The van der Waals surface area contributed by atoms with Gasteiger partial charge < -0.3 is 14.4 Å². The predicted octanol–water partition coefficient (Wildman–Crippen LogP) is 1.73. The van der Waals surface area contributed by atoms with Crippen molar-refractivity contribution in [1.82, 2.24) is 9.55 Å². The van der Waals surface area contributed by atoms with Gasteiger partial charge in [-0.3, -0.25) is 0 Å². The molecule has 0 bridgehead atoms. The lowest BCUT2D eigenvalue weighted by molar-refractivity contribution is 0.414. The van der Waals surface area contributed by atoms with Gasteiger partial charge in [0.25, 0.3) is 0 Å². The fourth-order valence-corrected chi connectivity index (χ4v) is 1.58. The molecule has 16 heavy (non-hydrogen) atoms. The molecule has 0 saturated heterocycles. The Balaban J connectivity index is 2.17. The summed E-state index contributed by atoms with van der Waals surface area (Å²) < 4.78 is 6.91. The Bertz CT molecular complexity index is 474. The molecule has 84 valence electrons. The Labute approximate surface area is 94.1 Å². The number of benzene rings is 1. The molecule has 1 aromatic carbocycles. The number of nitrogens with zero attached hydrogens (tertiary/aromatic N) is 2. The summed E-state index contributed by atoms with van der Waals surface area (Å²) in [5.74, 6) is 1.74. The smallest absolute Gasteiger partial charge is 0.229 e. The van der Waals surface area contributed by atoms with Crippen LogP contribution in [0.1, 0.15) is 11.4 Å². The molecule has 0 fully saturated rings. The van der Waals surface area contributed by atoms with Crippen molar-refractivity contribution in [3.63, 3.8) is 0 Å². The van der Waals surface area contributed by atoms with Crippen molar-refractivity contribution in [2.75, 3.05) is 7.11 Å². The highest BCUT2D eigenvalue weighted by Crippen LogP contribution is 2.15. The maximum Gasteiger partial charge on any atom is 0.229 e. The number of hydrogen-bond acceptors (Lipinski definition) is 3. The Morgan fingerprint density at radius 2 is 2.00 bits per heavy atom. The number of methoxy groups -OCH3 is 1. The molecule has 0 aliphatic heterocycles. The van der Waals surface area contributed by atoms with Crippen LogP contribution in [-0.4, -0.2) is 21.8 Å². The summed E-state index contributed by atoms with van der Waals surface area (Å²) >= 11 is 0. The summed E-state index contributed by atoms with van der Waals surface area (Å²) in [4.78, 5) is 4.04. The molecule has 0 atom stereocenters. The topological polar surface area (TPSA) is 47.3 Å². The number of hydrogen-bond donors (Lipinski definition) is 1. The average Bonchev–Trinajstić information content (AvgIpc) is 2.59. The second-order valence-corrected chi connectivity index (χ2v) is 3.65. The maximum absolute atomic E-state index is 9.24. The van der Waals surface area contributed by atoms with Crippen LogP contribution in [0.3, 0.4) is 0 Å². The van der Waals surface area contributed by atoms with Crippen molar-refractivity contribution in [2.24, 2.45) is 7.05 Å². The van der Waals surface area contributed by atoms with Crippen molar-refractivity contribution in [3.05, 3.63) is 41.9 Å². The van der Waals surface area contributed by atoms with Crippen LogP contribution >= 0.6 is 0 Å². The number of imidazole rings is 1. The number of aromatic hydroxyl groups is 1. The SMILES string of the molecule is COc1ccc(Cc2nc(O)cn2C)cc1. The van der Waals surface area contributed by atoms with Crippen LogP contribution in [0.5, 0.6) is 11.6 Å². The minimum absolute atomic E-state index is 0.0611. The van der Waals surface area contributed by atoms with Crippen molar-refractivity contribution in [1.29, 1.82) is 0 Å². The van der Waals surface area contributed by atoms with E-state index in [9.17, 15) is 5.11 Å². The highest BCUT2D eigenvalue weighted by Gasteiger charge is 2.05. The molecule has 4 nitrogen and oxygen atoms in total. The molecule has 2 aromatic rings. The number of aromatic nitrogens is 2. The lowest BCUT2D eigenvalue weighted by Crippen LogP contribution is -1.98. The van der Waals surface area contributed by atoms with E-state index in [1.807, 2.05) is 35.9 Å². The van der Waals surface area contributed by atoms with Crippen LogP contribution in [0, 0.1) is 0 Å². The van der Waals surface area contributed by atoms with Gasteiger partial charge in [0.1, 0.15) is 11.6 Å². The third-order valence-corrected chi connectivity index (χ3v) is 2.48. The Kier molecular flexibility index (Phi) is 2.81. The summed E-state index contributed by atoms with van der Waals surface area (Å²) in [6, 6.07) is 7.81. The average molecular weight is 218 g/mol. The van der Waals surface area contributed by atoms with E-state index in [0.29, 0.717) is 6.42 Å². The molecule has 0 aliphatic rings. The van der Waals surface area contributed by atoms with Gasteiger partial charge in [-0.05, 0) is 17.7 Å². The summed E-state index contributed by atoms with van der Waals surface area (Å²) in [6.07, 6.45) is 2.29. The van der Waals surface area contributed by atoms with Crippen molar-refractivity contribution >= 4 is 0 Å². The maximum atomic E-state index is 9.24. The van der Waals surface area contributed by atoms with E-state index >= 15 is 0 Å². The van der Waals surface area contributed by atoms with E-state index in [1.54, 1.807) is 13.3 Å². The quantitative estimate of drug-likeness (QED) is 0.853. The monoisotopic (exact) mass is 218 g/mol. The first-order valence-electron chi connectivity index (χ1n) is 5.03. The van der Waals surface area contributed by atoms with Gasteiger partial charge in [-0.15, -0.1) is 0 Å². The van der Waals surface area contributed by atoms with Crippen molar-refractivity contribution in [3.8, 4) is 11.6 Å². The molecular weight excluding hydrogens is 204 g/mol. The van der Waals surface area contributed by atoms with Crippen LogP contribution in [0.15, 0.2) is 30.5 Å². The lowest BCUT2D eigenvalue weighted by atomic mass is 10.1. The number of ether oxygens (including phenoxy) is 1. The molecule has 2 rings (SSSR count). The van der Waals surface area contributed by atoms with Crippen LogP contribution in [0.2, 0.25) is 0 Å². The second-order valence-electron chi connectivity index (χ2n) is 3.65. The zero-order valence-electron chi connectivity index (χ0n) is 9.34. The van der Waals surface area contributed by atoms with Crippen LogP contribution in [-0.2, 0) is 13.5 Å². The van der Waals surface area contributed by atoms with E-state index < -0.39 is 0 Å². The highest BCUT2D eigenvalue weighted by atomic mass is 16.5. The van der Waals surface area contributed by atoms with Gasteiger partial charge >= 0.3 is 0 Å². The molecule has 0 unspecified atom stereocenters. The summed E-state index contributed by atoms with van der Waals surface area (Å²) in [5.41, 5.74) is 1.13. The normalized spacial score (nSPS) is 10.4. The van der Waals surface area contributed by atoms with E-state index in [-0.39, 0.29) is 5.88 Å². The van der Waals surface area contributed by atoms with Gasteiger partial charge in [-0.25, -0.2) is 0 Å². The molecule has 0 amide bonds. The number of aryl methyl sites for hydroxylation is 1. The molecule has 4 heteroatoms. The predicted molar refractivity (Wildman–Crippen MR) is 60.7 cm³/mol. The largest absolute Gasteiger partial charge is 0.497 e. The molecule has 1 heterocycles. The fraction of sp³-hybridized carbons (Fsp3) is 0.250. The van der Waals surface area contributed by atoms with Crippen molar-refractivity contribution in [2.45, 2.75) is 6.42 Å². The molecule has 1 N–H and O–H groups in total. The molecule has 0 aliphatic carbocycles. The van der Waals surface area contributed by atoms with Gasteiger partial charge in [-0.1, -0.05) is 12.1 Å².